The number of carbonyl (C=O) groups excluding carboxylic acids is 1. The summed E-state index contributed by atoms with van der Waals surface area (Å²) in [6, 6.07) is 0. The number of nitrogens with zero attached hydrogens (tertiary/aromatic N) is 1. The second-order valence-corrected chi connectivity index (χ2v) is 6.54. The Balaban J connectivity index is 0.000000510. The SMILES string of the molecule is CC.CC.CC1(C)c2oncc2C[C@]2(C)CC(=O)CC[C@@H]12. The molecule has 0 amide bonds. The van der Waals surface area contributed by atoms with Gasteiger partial charge in [-0.05, 0) is 24.2 Å². The van der Waals surface area contributed by atoms with Gasteiger partial charge >= 0.3 is 0 Å². The monoisotopic (exact) mass is 293 g/mol. The summed E-state index contributed by atoms with van der Waals surface area (Å²) in [4.78, 5) is 11.7. The molecule has 1 saturated carbocycles. The Labute approximate surface area is 129 Å². The molecule has 0 bridgehead atoms. The van der Waals surface area contributed by atoms with Gasteiger partial charge in [0.25, 0.3) is 0 Å². The van der Waals surface area contributed by atoms with E-state index >= 15 is 0 Å². The second kappa shape index (κ2) is 6.76. The van der Waals surface area contributed by atoms with Crippen molar-refractivity contribution in [3.63, 3.8) is 0 Å². The molecule has 2 atom stereocenters. The summed E-state index contributed by atoms with van der Waals surface area (Å²) in [6.45, 7) is 14.7. The van der Waals surface area contributed by atoms with Gasteiger partial charge in [0.2, 0.25) is 0 Å². The van der Waals surface area contributed by atoms with Crippen LogP contribution >= 0.6 is 0 Å². The van der Waals surface area contributed by atoms with Crippen LogP contribution in [0.2, 0.25) is 0 Å². The molecule has 0 saturated heterocycles. The number of Topliss-reactive ketones (excluding diaryl/α,β-unsaturated/α-hetero) is 1. The molecular formula is C18H31NO2. The van der Waals surface area contributed by atoms with Crippen LogP contribution in [-0.2, 0) is 16.6 Å². The lowest BCUT2D eigenvalue weighted by molar-refractivity contribution is -0.127. The van der Waals surface area contributed by atoms with E-state index in [1.54, 1.807) is 0 Å². The molecule has 3 heteroatoms. The summed E-state index contributed by atoms with van der Waals surface area (Å²) in [7, 11) is 0. The van der Waals surface area contributed by atoms with Gasteiger partial charge in [0.05, 0.1) is 6.20 Å². The number of ketones is 1. The van der Waals surface area contributed by atoms with E-state index in [9.17, 15) is 4.79 Å². The van der Waals surface area contributed by atoms with E-state index < -0.39 is 0 Å². The molecule has 3 rings (SSSR count). The van der Waals surface area contributed by atoms with Crippen molar-refractivity contribution in [2.24, 2.45) is 11.3 Å². The van der Waals surface area contributed by atoms with E-state index in [4.69, 9.17) is 4.52 Å². The minimum atomic E-state index is -0.000463. The van der Waals surface area contributed by atoms with Gasteiger partial charge in [-0.15, -0.1) is 0 Å². The first-order valence-corrected chi connectivity index (χ1v) is 8.39. The van der Waals surface area contributed by atoms with Gasteiger partial charge in [-0.3, -0.25) is 4.79 Å². The predicted molar refractivity (Wildman–Crippen MR) is 86.4 cm³/mol. The summed E-state index contributed by atoms with van der Waals surface area (Å²) < 4.78 is 5.46. The summed E-state index contributed by atoms with van der Waals surface area (Å²) in [5.74, 6) is 1.97. The van der Waals surface area contributed by atoms with Crippen LogP contribution in [0.4, 0.5) is 0 Å². The molecule has 0 unspecified atom stereocenters. The molecule has 0 spiro atoms. The Kier molecular flexibility index (Phi) is 5.77. The molecule has 0 aliphatic heterocycles. The van der Waals surface area contributed by atoms with Crippen LogP contribution in [0.3, 0.4) is 0 Å². The molecule has 21 heavy (non-hydrogen) atoms. The predicted octanol–water partition coefficient (Wildman–Crippen LogP) is 4.94. The first-order valence-electron chi connectivity index (χ1n) is 8.39. The highest BCUT2D eigenvalue weighted by Gasteiger charge is 2.53. The van der Waals surface area contributed by atoms with Gasteiger partial charge in [0, 0.05) is 23.8 Å². The standard InChI is InChI=1S/C14H19NO2.2C2H6/c1-13(2)11-5-4-10(16)7-14(11,3)6-9-8-15-17-12(9)13;2*1-2/h8,11H,4-7H2,1-3H3;2*1-2H3/t11-,14+;;/m0../s1. The molecule has 2 aliphatic rings. The Morgan fingerprint density at radius 2 is 1.76 bits per heavy atom. The smallest absolute Gasteiger partial charge is 0.145 e. The summed E-state index contributed by atoms with van der Waals surface area (Å²) >= 11 is 0. The maximum Gasteiger partial charge on any atom is 0.145 e. The van der Waals surface area contributed by atoms with Gasteiger partial charge in [0.1, 0.15) is 11.5 Å². The highest BCUT2D eigenvalue weighted by molar-refractivity contribution is 5.80. The van der Waals surface area contributed by atoms with E-state index in [-0.39, 0.29) is 10.8 Å². The Hall–Kier alpha value is -1.12. The molecule has 3 nitrogen and oxygen atoms in total. The Morgan fingerprint density at radius 3 is 2.38 bits per heavy atom. The van der Waals surface area contributed by atoms with Crippen LogP contribution in [0.5, 0.6) is 0 Å². The van der Waals surface area contributed by atoms with Crippen LogP contribution in [-0.4, -0.2) is 10.9 Å². The van der Waals surface area contributed by atoms with E-state index in [1.165, 1.54) is 5.56 Å². The lowest BCUT2D eigenvalue weighted by Gasteiger charge is -2.51. The number of hydrogen-bond donors (Lipinski definition) is 0. The molecule has 0 radical (unpaired) electrons. The van der Waals surface area contributed by atoms with Crippen LogP contribution in [0.15, 0.2) is 10.7 Å². The average Bonchev–Trinajstić information content (AvgIpc) is 2.90. The topological polar surface area (TPSA) is 43.1 Å². The fraction of sp³-hybridized carbons (Fsp3) is 0.778. The first kappa shape index (κ1) is 17.9. The zero-order chi connectivity index (χ0) is 16.3. The zero-order valence-corrected chi connectivity index (χ0v) is 14.7. The van der Waals surface area contributed by atoms with E-state index in [2.05, 4.69) is 25.9 Å². The third-order valence-electron chi connectivity index (χ3n) is 4.85. The minimum absolute atomic E-state index is 0.000463. The number of hydrogen-bond acceptors (Lipinski definition) is 3. The van der Waals surface area contributed by atoms with Crippen molar-refractivity contribution in [2.75, 3.05) is 0 Å². The van der Waals surface area contributed by atoms with Crippen LogP contribution in [0, 0.1) is 11.3 Å². The largest absolute Gasteiger partial charge is 0.361 e. The van der Waals surface area contributed by atoms with Crippen LogP contribution in [0.1, 0.15) is 79.1 Å². The van der Waals surface area contributed by atoms with Crippen molar-refractivity contribution in [1.29, 1.82) is 0 Å². The Morgan fingerprint density at radius 1 is 1.14 bits per heavy atom. The molecular weight excluding hydrogens is 262 g/mol. The van der Waals surface area contributed by atoms with Gasteiger partial charge in [-0.2, -0.15) is 0 Å². The third kappa shape index (κ3) is 3.07. The highest BCUT2D eigenvalue weighted by Crippen LogP contribution is 2.55. The van der Waals surface area contributed by atoms with Gasteiger partial charge in [-0.1, -0.05) is 53.6 Å². The van der Waals surface area contributed by atoms with Crippen molar-refractivity contribution in [3.05, 3.63) is 17.5 Å². The molecule has 0 N–H and O–H groups in total. The number of fused-ring (bicyclic) bond motifs is 2. The van der Waals surface area contributed by atoms with Crippen molar-refractivity contribution < 1.29 is 9.32 Å². The molecule has 0 aromatic carbocycles. The second-order valence-electron chi connectivity index (χ2n) is 6.54. The molecule has 1 aromatic rings. The first-order chi connectivity index (χ1) is 9.93. The molecule has 120 valence electrons. The molecule has 2 aliphatic carbocycles. The fourth-order valence-electron chi connectivity index (χ4n) is 4.24. The van der Waals surface area contributed by atoms with Crippen molar-refractivity contribution in [3.8, 4) is 0 Å². The van der Waals surface area contributed by atoms with Crippen molar-refractivity contribution in [2.45, 2.75) is 79.6 Å². The van der Waals surface area contributed by atoms with Gasteiger partial charge in [-0.25, -0.2) is 0 Å². The molecule has 1 fully saturated rings. The summed E-state index contributed by atoms with van der Waals surface area (Å²) in [6.07, 6.45) is 5.20. The summed E-state index contributed by atoms with van der Waals surface area (Å²) in [5, 5.41) is 3.95. The highest BCUT2D eigenvalue weighted by atomic mass is 16.5. The summed E-state index contributed by atoms with van der Waals surface area (Å²) in [5.41, 5.74) is 1.29. The zero-order valence-electron chi connectivity index (χ0n) is 14.7. The van der Waals surface area contributed by atoms with E-state index in [0.717, 1.165) is 25.0 Å². The van der Waals surface area contributed by atoms with Crippen LogP contribution in [0.25, 0.3) is 0 Å². The maximum absolute atomic E-state index is 11.7. The lowest BCUT2D eigenvalue weighted by atomic mass is 9.52. The lowest BCUT2D eigenvalue weighted by Crippen LogP contribution is -2.49. The van der Waals surface area contributed by atoms with Gasteiger partial charge in [0.15, 0.2) is 0 Å². The number of rotatable bonds is 0. The van der Waals surface area contributed by atoms with E-state index in [1.807, 2.05) is 33.9 Å². The van der Waals surface area contributed by atoms with Crippen LogP contribution < -0.4 is 0 Å². The average molecular weight is 293 g/mol. The minimum Gasteiger partial charge on any atom is -0.361 e. The maximum atomic E-state index is 11.7. The molecule has 1 heterocycles. The van der Waals surface area contributed by atoms with E-state index in [0.29, 0.717) is 18.1 Å². The Bertz CT molecular complexity index is 475. The quantitative estimate of drug-likeness (QED) is 0.680. The van der Waals surface area contributed by atoms with Crippen molar-refractivity contribution in [1.82, 2.24) is 5.16 Å². The van der Waals surface area contributed by atoms with Crippen molar-refractivity contribution >= 4 is 5.78 Å². The molecule has 1 aromatic heterocycles. The normalized spacial score (nSPS) is 29.1. The fourth-order valence-corrected chi connectivity index (χ4v) is 4.24. The number of carbonyl (C=O) groups is 1. The third-order valence-corrected chi connectivity index (χ3v) is 4.85. The van der Waals surface area contributed by atoms with Gasteiger partial charge < -0.3 is 4.52 Å². The number of aromatic nitrogens is 1.